The van der Waals surface area contributed by atoms with Gasteiger partial charge in [-0.2, -0.15) is 0 Å². The van der Waals surface area contributed by atoms with Crippen LogP contribution in [0.5, 0.6) is 0 Å². The highest BCUT2D eigenvalue weighted by atomic mass is 16.6. The number of allylic oxidation sites excluding steroid dienone is 8. The normalized spacial score (nSPS) is 12.3. The van der Waals surface area contributed by atoms with Crippen LogP contribution in [0, 0.1) is 0 Å². The average Bonchev–Trinajstić information content (AvgIpc) is 3.35. The van der Waals surface area contributed by atoms with Crippen molar-refractivity contribution in [1.82, 2.24) is 0 Å². The summed E-state index contributed by atoms with van der Waals surface area (Å²) >= 11 is 0. The molecule has 0 aliphatic carbocycles. The molecule has 0 aliphatic heterocycles. The highest BCUT2D eigenvalue weighted by Gasteiger charge is 2.19. The molecule has 0 aromatic carbocycles. The van der Waals surface area contributed by atoms with Crippen molar-refractivity contribution in [3.05, 3.63) is 48.6 Å². The van der Waals surface area contributed by atoms with Crippen molar-refractivity contribution < 1.29 is 28.6 Å². The van der Waals surface area contributed by atoms with Gasteiger partial charge in [-0.25, -0.2) is 0 Å². The summed E-state index contributed by atoms with van der Waals surface area (Å²) in [7, 11) is 0. The highest BCUT2D eigenvalue weighted by molar-refractivity contribution is 5.71. The molecule has 0 aromatic heterocycles. The van der Waals surface area contributed by atoms with Crippen molar-refractivity contribution in [2.75, 3.05) is 13.2 Å². The molecule has 0 aromatic rings. The average molecular weight is 968 g/mol. The maximum atomic E-state index is 12.9. The minimum absolute atomic E-state index is 0.0775. The van der Waals surface area contributed by atoms with Crippen LogP contribution < -0.4 is 0 Å². The van der Waals surface area contributed by atoms with E-state index in [1.165, 1.54) is 186 Å². The minimum Gasteiger partial charge on any atom is -0.462 e. The van der Waals surface area contributed by atoms with Crippen molar-refractivity contribution in [3.63, 3.8) is 0 Å². The predicted molar refractivity (Wildman–Crippen MR) is 298 cm³/mol. The smallest absolute Gasteiger partial charge is 0.306 e. The lowest BCUT2D eigenvalue weighted by Gasteiger charge is -2.18. The van der Waals surface area contributed by atoms with E-state index < -0.39 is 6.10 Å². The van der Waals surface area contributed by atoms with Gasteiger partial charge in [-0.05, 0) is 77.0 Å². The fraction of sp³-hybridized carbons (Fsp3) is 0.825. The lowest BCUT2D eigenvalue weighted by Crippen LogP contribution is -2.30. The van der Waals surface area contributed by atoms with Gasteiger partial charge in [-0.3, -0.25) is 14.4 Å². The Labute approximate surface area is 428 Å². The van der Waals surface area contributed by atoms with Gasteiger partial charge in [0.2, 0.25) is 0 Å². The monoisotopic (exact) mass is 967 g/mol. The van der Waals surface area contributed by atoms with E-state index in [1.807, 2.05) is 0 Å². The topological polar surface area (TPSA) is 78.9 Å². The minimum atomic E-state index is -0.779. The van der Waals surface area contributed by atoms with Gasteiger partial charge in [0.25, 0.3) is 0 Å². The molecule has 0 saturated heterocycles. The summed E-state index contributed by atoms with van der Waals surface area (Å²) < 4.78 is 16.9. The Morgan fingerprint density at radius 1 is 0.304 bits per heavy atom. The molecule has 0 rings (SSSR count). The van der Waals surface area contributed by atoms with Crippen molar-refractivity contribution in [2.45, 2.75) is 322 Å². The zero-order valence-corrected chi connectivity index (χ0v) is 46.1. The second-order valence-corrected chi connectivity index (χ2v) is 20.2. The first kappa shape index (κ1) is 66.4. The Balaban J connectivity index is 4.33. The third-order valence-electron chi connectivity index (χ3n) is 13.3. The Kier molecular flexibility index (Phi) is 55.7. The molecule has 0 fully saturated rings. The van der Waals surface area contributed by atoms with Gasteiger partial charge in [-0.1, -0.05) is 268 Å². The van der Waals surface area contributed by atoms with Gasteiger partial charge < -0.3 is 14.2 Å². The Morgan fingerprint density at radius 2 is 0.565 bits per heavy atom. The highest BCUT2D eigenvalue weighted by Crippen LogP contribution is 2.17. The van der Waals surface area contributed by atoms with Crippen molar-refractivity contribution in [2.24, 2.45) is 0 Å². The molecule has 0 saturated carbocycles. The van der Waals surface area contributed by atoms with Gasteiger partial charge in [0.05, 0.1) is 0 Å². The molecule has 69 heavy (non-hydrogen) atoms. The molecule has 0 aliphatic rings. The SMILES string of the molecule is CC/C=C\C/C=C\C/C=C\CCCCCCCCCCCC(=O)OCC(COC(=O)CCCCC/C=C\CCCCCCCC)OC(=O)CCCCCCCCCCCCCCCCCCCCC. The summed E-state index contributed by atoms with van der Waals surface area (Å²) in [5, 5.41) is 0. The first-order chi connectivity index (χ1) is 34.0. The van der Waals surface area contributed by atoms with E-state index in [-0.39, 0.29) is 31.1 Å². The molecule has 0 radical (unpaired) electrons. The number of carbonyl (C=O) groups excluding carboxylic acids is 3. The number of unbranched alkanes of at least 4 members (excludes halogenated alkanes) is 36. The van der Waals surface area contributed by atoms with E-state index in [4.69, 9.17) is 14.2 Å². The molecular formula is C63H114O6. The fourth-order valence-corrected chi connectivity index (χ4v) is 8.81. The van der Waals surface area contributed by atoms with Gasteiger partial charge in [-0.15, -0.1) is 0 Å². The number of hydrogen-bond donors (Lipinski definition) is 0. The van der Waals surface area contributed by atoms with E-state index in [9.17, 15) is 14.4 Å². The maximum Gasteiger partial charge on any atom is 0.306 e. The molecule has 0 N–H and O–H groups in total. The zero-order valence-electron chi connectivity index (χ0n) is 46.1. The zero-order chi connectivity index (χ0) is 50.0. The molecule has 0 spiro atoms. The van der Waals surface area contributed by atoms with Crippen LogP contribution in [-0.4, -0.2) is 37.2 Å². The number of ether oxygens (including phenoxy) is 3. The Morgan fingerprint density at radius 3 is 0.913 bits per heavy atom. The molecule has 6 nitrogen and oxygen atoms in total. The van der Waals surface area contributed by atoms with Crippen LogP contribution in [0.2, 0.25) is 0 Å². The number of carbonyl (C=O) groups is 3. The van der Waals surface area contributed by atoms with E-state index in [0.29, 0.717) is 19.3 Å². The second-order valence-electron chi connectivity index (χ2n) is 20.2. The predicted octanol–water partition coefficient (Wildman–Crippen LogP) is 20.2. The Bertz CT molecular complexity index is 1200. The first-order valence-electron chi connectivity index (χ1n) is 30.1. The van der Waals surface area contributed by atoms with Crippen LogP contribution in [0.15, 0.2) is 48.6 Å². The Hall–Kier alpha value is -2.63. The molecule has 0 bridgehead atoms. The van der Waals surface area contributed by atoms with Crippen LogP contribution in [0.25, 0.3) is 0 Å². The van der Waals surface area contributed by atoms with Crippen molar-refractivity contribution in [3.8, 4) is 0 Å². The third kappa shape index (κ3) is 56.2. The fourth-order valence-electron chi connectivity index (χ4n) is 8.81. The van der Waals surface area contributed by atoms with Gasteiger partial charge in [0.1, 0.15) is 13.2 Å². The third-order valence-corrected chi connectivity index (χ3v) is 13.3. The molecule has 402 valence electrons. The van der Waals surface area contributed by atoms with E-state index in [2.05, 4.69) is 69.4 Å². The van der Waals surface area contributed by atoms with Crippen LogP contribution in [0.3, 0.4) is 0 Å². The molecule has 0 heterocycles. The van der Waals surface area contributed by atoms with Crippen molar-refractivity contribution in [1.29, 1.82) is 0 Å². The van der Waals surface area contributed by atoms with Gasteiger partial charge in [0, 0.05) is 19.3 Å². The summed E-state index contributed by atoms with van der Waals surface area (Å²) in [6.07, 6.45) is 71.1. The first-order valence-corrected chi connectivity index (χ1v) is 30.1. The molecule has 1 atom stereocenters. The van der Waals surface area contributed by atoms with E-state index in [1.54, 1.807) is 0 Å². The summed E-state index contributed by atoms with van der Waals surface area (Å²) in [4.78, 5) is 38.2. The standard InChI is InChI=1S/C63H114O6/c1-4-7-10-13-16-19-22-25-27-29-31-33-35-38-41-44-47-50-53-56-62(65)68-59-60(58-67-61(64)55-52-49-46-43-40-37-24-21-18-15-12-9-6-3)69-63(66)57-54-51-48-45-42-39-36-34-32-30-28-26-23-20-17-14-11-8-5-2/h7,10,16,19,25,27,37,40,60H,4-6,8-9,11-15,17-18,20-24,26,28-36,38-39,41-59H2,1-3H3/b10-7-,19-16-,27-25-,40-37-. The largest absolute Gasteiger partial charge is 0.462 e. The van der Waals surface area contributed by atoms with Crippen LogP contribution in [0.1, 0.15) is 316 Å². The lowest BCUT2D eigenvalue weighted by atomic mass is 10.0. The lowest BCUT2D eigenvalue weighted by molar-refractivity contribution is -0.167. The molecular weight excluding hydrogens is 853 g/mol. The van der Waals surface area contributed by atoms with E-state index in [0.717, 1.165) is 89.9 Å². The van der Waals surface area contributed by atoms with Gasteiger partial charge >= 0.3 is 17.9 Å². The quantitative estimate of drug-likeness (QED) is 0.0262. The van der Waals surface area contributed by atoms with Crippen LogP contribution >= 0.6 is 0 Å². The molecule has 1 unspecified atom stereocenters. The van der Waals surface area contributed by atoms with Crippen LogP contribution in [-0.2, 0) is 28.6 Å². The number of hydrogen-bond acceptors (Lipinski definition) is 6. The molecule has 6 heteroatoms. The van der Waals surface area contributed by atoms with E-state index >= 15 is 0 Å². The second kappa shape index (κ2) is 57.9. The molecule has 0 amide bonds. The summed E-state index contributed by atoms with van der Waals surface area (Å²) in [5.41, 5.74) is 0. The van der Waals surface area contributed by atoms with Crippen LogP contribution in [0.4, 0.5) is 0 Å². The number of rotatable bonds is 55. The van der Waals surface area contributed by atoms with Gasteiger partial charge in [0.15, 0.2) is 6.10 Å². The number of esters is 3. The van der Waals surface area contributed by atoms with Crippen molar-refractivity contribution >= 4 is 17.9 Å². The summed E-state index contributed by atoms with van der Waals surface area (Å²) in [6.45, 7) is 6.55. The summed E-state index contributed by atoms with van der Waals surface area (Å²) in [5.74, 6) is -0.881. The summed E-state index contributed by atoms with van der Waals surface area (Å²) in [6, 6.07) is 0. The maximum absolute atomic E-state index is 12.9.